The highest BCUT2D eigenvalue weighted by Crippen LogP contribution is 2.24. The van der Waals surface area contributed by atoms with E-state index in [1.54, 1.807) is 13.8 Å². The molecule has 19 heavy (non-hydrogen) atoms. The Bertz CT molecular complexity index is 363. The van der Waals surface area contributed by atoms with Crippen LogP contribution in [0.15, 0.2) is 10.2 Å². The van der Waals surface area contributed by atoms with Crippen molar-refractivity contribution in [3.8, 4) is 12.1 Å². The third-order valence-corrected chi connectivity index (χ3v) is 3.26. The molecule has 4 heteroatoms. The highest BCUT2D eigenvalue weighted by atomic mass is 15.2. The number of hydrogen-bond donors (Lipinski definition) is 0. The van der Waals surface area contributed by atoms with E-state index in [4.69, 9.17) is 0 Å². The number of nitriles is 2. The van der Waals surface area contributed by atoms with Crippen LogP contribution in [0.1, 0.15) is 72.6 Å². The molecule has 2 atom stereocenters. The molecule has 0 aromatic carbocycles. The predicted molar refractivity (Wildman–Crippen MR) is 76.6 cm³/mol. The minimum atomic E-state index is -0.793. The summed E-state index contributed by atoms with van der Waals surface area (Å²) in [6, 6.07) is 4.43. The molecule has 0 aliphatic carbocycles. The average Bonchev–Trinajstić information content (AvgIpc) is 2.43. The molecule has 0 fully saturated rings. The first-order valence-electron chi connectivity index (χ1n) is 7.22. The van der Waals surface area contributed by atoms with E-state index in [2.05, 4.69) is 36.2 Å². The Morgan fingerprint density at radius 3 is 1.58 bits per heavy atom. The molecule has 0 aliphatic rings. The summed E-state index contributed by atoms with van der Waals surface area (Å²) in [5.41, 5.74) is -1.58. The molecule has 0 N–H and O–H groups in total. The zero-order chi connectivity index (χ0) is 14.8. The lowest BCUT2D eigenvalue weighted by Gasteiger charge is -2.19. The summed E-state index contributed by atoms with van der Waals surface area (Å²) in [5.74, 6) is 0. The van der Waals surface area contributed by atoms with Crippen molar-refractivity contribution in [2.45, 2.75) is 83.7 Å². The van der Waals surface area contributed by atoms with E-state index in [9.17, 15) is 10.5 Å². The van der Waals surface area contributed by atoms with Crippen LogP contribution >= 0.6 is 0 Å². The summed E-state index contributed by atoms with van der Waals surface area (Å²) in [5, 5.41) is 26.8. The van der Waals surface area contributed by atoms with Crippen LogP contribution < -0.4 is 0 Å². The fourth-order valence-electron chi connectivity index (χ4n) is 1.72. The molecule has 0 aromatic heterocycles. The van der Waals surface area contributed by atoms with Gasteiger partial charge < -0.3 is 0 Å². The first-order valence-corrected chi connectivity index (χ1v) is 7.22. The van der Waals surface area contributed by atoms with Gasteiger partial charge in [-0.05, 0) is 33.1 Å². The van der Waals surface area contributed by atoms with E-state index in [0.29, 0.717) is 12.8 Å². The van der Waals surface area contributed by atoms with Crippen molar-refractivity contribution < 1.29 is 0 Å². The molecule has 0 saturated carbocycles. The van der Waals surface area contributed by atoms with Gasteiger partial charge >= 0.3 is 0 Å². The van der Waals surface area contributed by atoms with Crippen LogP contribution in [0.4, 0.5) is 0 Å². The normalized spacial score (nSPS) is 17.4. The summed E-state index contributed by atoms with van der Waals surface area (Å²) < 4.78 is 0. The zero-order valence-electron chi connectivity index (χ0n) is 12.7. The largest absolute Gasteiger partial charge is 0.196 e. The monoisotopic (exact) mass is 262 g/mol. The summed E-state index contributed by atoms with van der Waals surface area (Å²) in [6.45, 7) is 7.79. The van der Waals surface area contributed by atoms with Gasteiger partial charge in [0.2, 0.25) is 0 Å². The first kappa shape index (κ1) is 17.6. The minimum Gasteiger partial charge on any atom is -0.196 e. The third-order valence-electron chi connectivity index (χ3n) is 3.26. The van der Waals surface area contributed by atoms with Crippen LogP contribution in [0, 0.1) is 22.7 Å². The smallest absolute Gasteiger partial charge is 0.164 e. The lowest BCUT2D eigenvalue weighted by atomic mass is 9.96. The number of azo groups is 1. The van der Waals surface area contributed by atoms with Crippen molar-refractivity contribution in [2.24, 2.45) is 10.2 Å². The number of nitrogens with zero attached hydrogens (tertiary/aromatic N) is 4. The van der Waals surface area contributed by atoms with Gasteiger partial charge in [-0.25, -0.2) is 0 Å². The van der Waals surface area contributed by atoms with Crippen LogP contribution in [-0.2, 0) is 0 Å². The van der Waals surface area contributed by atoms with Crippen molar-refractivity contribution in [3.05, 3.63) is 0 Å². The molecule has 0 saturated heterocycles. The molecule has 0 heterocycles. The van der Waals surface area contributed by atoms with E-state index in [1.165, 1.54) is 0 Å². The van der Waals surface area contributed by atoms with Crippen molar-refractivity contribution in [2.75, 3.05) is 0 Å². The number of hydrogen-bond acceptors (Lipinski definition) is 4. The van der Waals surface area contributed by atoms with Gasteiger partial charge in [0.15, 0.2) is 11.1 Å². The van der Waals surface area contributed by atoms with Gasteiger partial charge in [-0.2, -0.15) is 20.8 Å². The molecule has 0 bridgehead atoms. The maximum absolute atomic E-state index is 9.24. The van der Waals surface area contributed by atoms with Crippen LogP contribution in [0.25, 0.3) is 0 Å². The Hall–Kier alpha value is -1.42. The third kappa shape index (κ3) is 6.91. The van der Waals surface area contributed by atoms with E-state index < -0.39 is 11.1 Å². The minimum absolute atomic E-state index is 0.694. The van der Waals surface area contributed by atoms with Gasteiger partial charge in [-0.1, -0.05) is 39.5 Å². The average molecular weight is 262 g/mol. The SMILES string of the molecule is CCCCCC(C)(C#N)/N=N/C(C)(C#N)CCCC. The lowest BCUT2D eigenvalue weighted by Crippen LogP contribution is -2.23. The second-order valence-corrected chi connectivity index (χ2v) is 5.53. The Kier molecular flexibility index (Phi) is 8.00. The fourth-order valence-corrected chi connectivity index (χ4v) is 1.72. The highest BCUT2D eigenvalue weighted by molar-refractivity contribution is 5.07. The molecule has 0 aliphatic heterocycles. The van der Waals surface area contributed by atoms with Gasteiger partial charge in [-0.3, -0.25) is 0 Å². The van der Waals surface area contributed by atoms with Gasteiger partial charge in [0.1, 0.15) is 0 Å². The van der Waals surface area contributed by atoms with E-state index in [-0.39, 0.29) is 0 Å². The summed E-state index contributed by atoms with van der Waals surface area (Å²) >= 11 is 0. The molecule has 0 rings (SSSR count). The topological polar surface area (TPSA) is 72.3 Å². The molecule has 2 unspecified atom stereocenters. The second kappa shape index (κ2) is 8.64. The van der Waals surface area contributed by atoms with Gasteiger partial charge in [-0.15, -0.1) is 0 Å². The molecule has 0 amide bonds. The summed E-state index contributed by atoms with van der Waals surface area (Å²) in [4.78, 5) is 0. The molecular formula is C15H26N4. The first-order chi connectivity index (χ1) is 8.95. The maximum Gasteiger partial charge on any atom is 0.164 e. The van der Waals surface area contributed by atoms with Crippen LogP contribution in [0.2, 0.25) is 0 Å². The summed E-state index contributed by atoms with van der Waals surface area (Å²) in [6.07, 6.45) is 6.55. The van der Waals surface area contributed by atoms with Gasteiger partial charge in [0.05, 0.1) is 12.1 Å². The molecule has 4 nitrogen and oxygen atoms in total. The van der Waals surface area contributed by atoms with Crippen LogP contribution in [0.3, 0.4) is 0 Å². The standard InChI is InChI=1S/C15H26N4/c1-5-7-9-11-15(4,13-17)19-18-14(3,12-16)10-8-6-2/h5-11H2,1-4H3/b19-18+. The predicted octanol–water partition coefficient (Wildman–Crippen LogP) is 4.77. The number of unbranched alkanes of at least 4 members (excludes halogenated alkanes) is 3. The Morgan fingerprint density at radius 2 is 1.21 bits per heavy atom. The molecule has 106 valence electrons. The van der Waals surface area contributed by atoms with Gasteiger partial charge in [0, 0.05) is 0 Å². The van der Waals surface area contributed by atoms with Crippen molar-refractivity contribution in [1.82, 2.24) is 0 Å². The molecule has 0 radical (unpaired) electrons. The zero-order valence-corrected chi connectivity index (χ0v) is 12.7. The Morgan fingerprint density at radius 1 is 0.789 bits per heavy atom. The maximum atomic E-state index is 9.24. The fraction of sp³-hybridized carbons (Fsp3) is 0.867. The Labute approximate surface area is 117 Å². The molecular weight excluding hydrogens is 236 g/mol. The molecule has 0 aromatic rings. The Balaban J connectivity index is 4.70. The van der Waals surface area contributed by atoms with E-state index >= 15 is 0 Å². The quantitative estimate of drug-likeness (QED) is 0.443. The van der Waals surface area contributed by atoms with Crippen molar-refractivity contribution in [3.63, 3.8) is 0 Å². The van der Waals surface area contributed by atoms with E-state index in [1.807, 2.05) is 0 Å². The van der Waals surface area contributed by atoms with E-state index in [0.717, 1.165) is 32.1 Å². The van der Waals surface area contributed by atoms with Crippen molar-refractivity contribution in [1.29, 1.82) is 10.5 Å². The molecule has 0 spiro atoms. The number of rotatable bonds is 9. The second-order valence-electron chi connectivity index (χ2n) is 5.53. The van der Waals surface area contributed by atoms with Crippen molar-refractivity contribution >= 4 is 0 Å². The lowest BCUT2D eigenvalue weighted by molar-refractivity contribution is 0.431. The van der Waals surface area contributed by atoms with Gasteiger partial charge in [0.25, 0.3) is 0 Å². The summed E-state index contributed by atoms with van der Waals surface area (Å²) in [7, 11) is 0. The van der Waals surface area contributed by atoms with Crippen LogP contribution in [-0.4, -0.2) is 11.1 Å². The van der Waals surface area contributed by atoms with Crippen LogP contribution in [0.5, 0.6) is 0 Å². The highest BCUT2D eigenvalue weighted by Gasteiger charge is 2.27.